The molecule has 8 heteroatoms. The second kappa shape index (κ2) is 6.64. The van der Waals surface area contributed by atoms with E-state index in [2.05, 4.69) is 15.3 Å². The summed E-state index contributed by atoms with van der Waals surface area (Å²) in [4.78, 5) is 19.5. The van der Waals surface area contributed by atoms with Crippen LogP contribution in [0.4, 0.5) is 19.0 Å². The molecule has 0 saturated carbocycles. The number of aryl methyl sites for hydroxylation is 1. The van der Waals surface area contributed by atoms with Gasteiger partial charge in [-0.05, 0) is 18.6 Å². The van der Waals surface area contributed by atoms with Crippen molar-refractivity contribution in [3.8, 4) is 10.6 Å². The highest BCUT2D eigenvalue weighted by molar-refractivity contribution is 7.17. The standard InChI is InChI=1S/C17H12F3N3OS/c1-10-7-8-12(21-9-10)22-15(24)13-14(17(18,19)20)23-16(25-13)11-5-3-2-4-6-11/h2-9H,1H3,(H,21,22,24). The summed E-state index contributed by atoms with van der Waals surface area (Å²) in [6, 6.07) is 11.7. The minimum atomic E-state index is -4.73. The number of carbonyl (C=O) groups is 1. The van der Waals surface area contributed by atoms with Crippen LogP contribution in [0.1, 0.15) is 20.9 Å². The molecule has 3 rings (SSSR count). The van der Waals surface area contributed by atoms with Crippen molar-refractivity contribution in [3.05, 3.63) is 64.8 Å². The van der Waals surface area contributed by atoms with E-state index in [0.29, 0.717) is 16.9 Å². The normalized spacial score (nSPS) is 11.4. The minimum absolute atomic E-state index is 0.134. The Bertz CT molecular complexity index is 890. The van der Waals surface area contributed by atoms with Crippen LogP contribution in [0.5, 0.6) is 0 Å². The molecule has 0 aliphatic carbocycles. The van der Waals surface area contributed by atoms with Crippen LogP contribution in [-0.4, -0.2) is 15.9 Å². The maximum absolute atomic E-state index is 13.3. The maximum Gasteiger partial charge on any atom is 0.435 e. The van der Waals surface area contributed by atoms with Gasteiger partial charge in [0.2, 0.25) is 0 Å². The molecule has 2 heterocycles. The van der Waals surface area contributed by atoms with Gasteiger partial charge in [-0.15, -0.1) is 11.3 Å². The maximum atomic E-state index is 13.3. The van der Waals surface area contributed by atoms with Crippen LogP contribution in [0, 0.1) is 6.92 Å². The lowest BCUT2D eigenvalue weighted by Crippen LogP contribution is -2.17. The Hall–Kier alpha value is -2.74. The number of thiazole rings is 1. The molecule has 0 spiro atoms. The molecule has 0 bridgehead atoms. The van der Waals surface area contributed by atoms with Gasteiger partial charge in [0, 0.05) is 11.8 Å². The Morgan fingerprint density at radius 2 is 1.84 bits per heavy atom. The van der Waals surface area contributed by atoms with E-state index in [1.165, 1.54) is 12.3 Å². The van der Waals surface area contributed by atoms with E-state index in [4.69, 9.17) is 0 Å². The fraction of sp³-hybridized carbons (Fsp3) is 0.118. The highest BCUT2D eigenvalue weighted by atomic mass is 32.1. The predicted molar refractivity (Wildman–Crippen MR) is 89.5 cm³/mol. The van der Waals surface area contributed by atoms with E-state index in [9.17, 15) is 18.0 Å². The number of aromatic nitrogens is 2. The number of carbonyl (C=O) groups excluding carboxylic acids is 1. The molecule has 1 N–H and O–H groups in total. The van der Waals surface area contributed by atoms with E-state index >= 15 is 0 Å². The van der Waals surface area contributed by atoms with Gasteiger partial charge >= 0.3 is 6.18 Å². The van der Waals surface area contributed by atoms with Crippen LogP contribution in [-0.2, 0) is 6.18 Å². The summed E-state index contributed by atoms with van der Waals surface area (Å²) < 4.78 is 39.8. The molecule has 128 valence electrons. The van der Waals surface area contributed by atoms with E-state index in [1.807, 2.05) is 6.92 Å². The Morgan fingerprint density at radius 1 is 1.12 bits per heavy atom. The summed E-state index contributed by atoms with van der Waals surface area (Å²) in [5.41, 5.74) is 0.199. The highest BCUT2D eigenvalue weighted by Gasteiger charge is 2.39. The molecule has 0 atom stereocenters. The topological polar surface area (TPSA) is 54.9 Å². The molecule has 0 radical (unpaired) electrons. The van der Waals surface area contributed by atoms with Gasteiger partial charge < -0.3 is 5.32 Å². The Labute approximate surface area is 145 Å². The van der Waals surface area contributed by atoms with E-state index in [0.717, 1.165) is 5.56 Å². The largest absolute Gasteiger partial charge is 0.435 e. The van der Waals surface area contributed by atoms with Gasteiger partial charge in [0.25, 0.3) is 5.91 Å². The van der Waals surface area contributed by atoms with Crippen molar-refractivity contribution >= 4 is 23.1 Å². The van der Waals surface area contributed by atoms with E-state index in [-0.39, 0.29) is 10.8 Å². The summed E-state index contributed by atoms with van der Waals surface area (Å²) >= 11 is 0.699. The fourth-order valence-electron chi connectivity index (χ4n) is 2.09. The number of rotatable bonds is 3. The summed E-state index contributed by atoms with van der Waals surface area (Å²) in [5.74, 6) is -0.707. The van der Waals surface area contributed by atoms with Crippen LogP contribution in [0.25, 0.3) is 10.6 Å². The second-order valence-electron chi connectivity index (χ2n) is 5.24. The first-order chi connectivity index (χ1) is 11.8. The van der Waals surface area contributed by atoms with Crippen molar-refractivity contribution in [2.75, 3.05) is 5.32 Å². The number of hydrogen-bond acceptors (Lipinski definition) is 4. The number of anilines is 1. The average Bonchev–Trinajstić information content (AvgIpc) is 3.04. The van der Waals surface area contributed by atoms with Crippen molar-refractivity contribution in [2.45, 2.75) is 13.1 Å². The molecule has 25 heavy (non-hydrogen) atoms. The lowest BCUT2D eigenvalue weighted by molar-refractivity contribution is -0.140. The quantitative estimate of drug-likeness (QED) is 0.728. The molecule has 0 aliphatic heterocycles. The zero-order valence-corrected chi connectivity index (χ0v) is 13.8. The minimum Gasteiger partial charge on any atom is -0.306 e. The summed E-state index contributed by atoms with van der Waals surface area (Å²) in [6.45, 7) is 1.82. The summed E-state index contributed by atoms with van der Waals surface area (Å²) in [7, 11) is 0. The third-order valence-electron chi connectivity index (χ3n) is 3.28. The van der Waals surface area contributed by atoms with Crippen LogP contribution in [0.2, 0.25) is 0 Å². The van der Waals surface area contributed by atoms with Gasteiger partial charge in [0.05, 0.1) is 0 Å². The number of halogens is 3. The molecular formula is C17H12F3N3OS. The Morgan fingerprint density at radius 3 is 2.44 bits per heavy atom. The average molecular weight is 363 g/mol. The second-order valence-corrected chi connectivity index (χ2v) is 6.23. The molecule has 3 aromatic rings. The Kier molecular flexibility index (Phi) is 4.54. The molecule has 2 aromatic heterocycles. The third-order valence-corrected chi connectivity index (χ3v) is 4.38. The zero-order valence-electron chi connectivity index (χ0n) is 13.0. The number of pyridine rings is 1. The summed E-state index contributed by atoms with van der Waals surface area (Å²) in [6.07, 6.45) is -3.21. The zero-order chi connectivity index (χ0) is 18.0. The van der Waals surface area contributed by atoms with Gasteiger partial charge in [-0.25, -0.2) is 9.97 Å². The molecule has 0 aliphatic rings. The number of nitrogens with one attached hydrogen (secondary N) is 1. The van der Waals surface area contributed by atoms with Gasteiger partial charge in [-0.2, -0.15) is 13.2 Å². The highest BCUT2D eigenvalue weighted by Crippen LogP contribution is 2.37. The fourth-order valence-corrected chi connectivity index (χ4v) is 3.07. The van der Waals surface area contributed by atoms with Crippen molar-refractivity contribution in [3.63, 3.8) is 0 Å². The van der Waals surface area contributed by atoms with Crippen molar-refractivity contribution in [1.82, 2.24) is 9.97 Å². The number of nitrogens with zero attached hydrogens (tertiary/aromatic N) is 2. The lowest BCUT2D eigenvalue weighted by Gasteiger charge is -2.06. The van der Waals surface area contributed by atoms with Crippen molar-refractivity contribution in [1.29, 1.82) is 0 Å². The van der Waals surface area contributed by atoms with E-state index in [1.54, 1.807) is 36.4 Å². The molecular weight excluding hydrogens is 351 g/mol. The molecule has 4 nitrogen and oxygen atoms in total. The molecule has 0 unspecified atom stereocenters. The van der Waals surface area contributed by atoms with Crippen LogP contribution in [0.15, 0.2) is 48.7 Å². The van der Waals surface area contributed by atoms with Gasteiger partial charge in [0.1, 0.15) is 15.7 Å². The first-order valence-corrected chi connectivity index (χ1v) is 8.03. The monoisotopic (exact) mass is 363 g/mol. The smallest absolute Gasteiger partial charge is 0.306 e. The molecule has 1 aromatic carbocycles. The number of alkyl halides is 3. The number of benzene rings is 1. The number of hydrogen-bond donors (Lipinski definition) is 1. The van der Waals surface area contributed by atoms with Crippen molar-refractivity contribution < 1.29 is 18.0 Å². The van der Waals surface area contributed by atoms with Crippen LogP contribution in [0.3, 0.4) is 0 Å². The van der Waals surface area contributed by atoms with Crippen LogP contribution >= 0.6 is 11.3 Å². The first kappa shape index (κ1) is 17.1. The predicted octanol–water partition coefficient (Wildman–Crippen LogP) is 4.78. The van der Waals surface area contributed by atoms with Gasteiger partial charge in [-0.1, -0.05) is 36.4 Å². The van der Waals surface area contributed by atoms with Gasteiger partial charge in [0.15, 0.2) is 5.69 Å². The molecule has 1 amide bonds. The number of amides is 1. The third kappa shape index (κ3) is 3.85. The SMILES string of the molecule is Cc1ccc(NC(=O)c2sc(-c3ccccc3)nc2C(F)(F)F)nc1. The lowest BCUT2D eigenvalue weighted by atomic mass is 10.2. The summed E-state index contributed by atoms with van der Waals surface area (Å²) in [5, 5.41) is 2.52. The van der Waals surface area contributed by atoms with Crippen LogP contribution < -0.4 is 5.32 Å². The molecule has 0 fully saturated rings. The van der Waals surface area contributed by atoms with E-state index < -0.39 is 22.7 Å². The molecule has 0 saturated heterocycles. The Balaban J connectivity index is 1.97. The van der Waals surface area contributed by atoms with Gasteiger partial charge in [-0.3, -0.25) is 4.79 Å². The van der Waals surface area contributed by atoms with Crippen molar-refractivity contribution in [2.24, 2.45) is 0 Å². The first-order valence-electron chi connectivity index (χ1n) is 7.22.